The number of carbonyl (C=O) groups excluding carboxylic acids is 1. The van der Waals surface area contributed by atoms with Crippen LogP contribution < -0.4 is 5.73 Å². The lowest BCUT2D eigenvalue weighted by Crippen LogP contribution is -2.64. The van der Waals surface area contributed by atoms with Gasteiger partial charge in [-0.1, -0.05) is 6.92 Å². The first-order valence-electron chi connectivity index (χ1n) is 6.46. The molecule has 0 spiro atoms. The highest BCUT2D eigenvalue weighted by atomic mass is 16.7. The number of amides is 1. The van der Waals surface area contributed by atoms with E-state index in [-0.39, 0.29) is 22.9 Å². The second kappa shape index (κ2) is 4.94. The number of hydrogen-bond acceptors (Lipinski definition) is 3. The van der Waals surface area contributed by atoms with Crippen molar-refractivity contribution < 1.29 is 9.63 Å². The fraction of sp³-hybridized carbons (Fsp3) is 0.923. The third kappa shape index (κ3) is 2.80. The Morgan fingerprint density at radius 1 is 1.41 bits per heavy atom. The van der Waals surface area contributed by atoms with E-state index in [2.05, 4.69) is 20.8 Å². The Bertz CT molecular complexity index is 287. The highest BCUT2D eigenvalue weighted by Crippen LogP contribution is 2.42. The van der Waals surface area contributed by atoms with E-state index in [1.54, 1.807) is 0 Å². The maximum atomic E-state index is 11.5. The zero-order chi connectivity index (χ0) is 13.3. The van der Waals surface area contributed by atoms with Gasteiger partial charge in [0.25, 0.3) is 0 Å². The van der Waals surface area contributed by atoms with Crippen molar-refractivity contribution in [3.8, 4) is 0 Å². The van der Waals surface area contributed by atoms with E-state index in [9.17, 15) is 4.79 Å². The maximum Gasteiger partial charge on any atom is 0.222 e. The summed E-state index contributed by atoms with van der Waals surface area (Å²) in [7, 11) is 0. The van der Waals surface area contributed by atoms with E-state index in [0.717, 1.165) is 19.3 Å². The van der Waals surface area contributed by atoms with Crippen LogP contribution in [-0.4, -0.2) is 28.7 Å². The van der Waals surface area contributed by atoms with E-state index in [0.29, 0.717) is 6.61 Å². The van der Waals surface area contributed by atoms with Gasteiger partial charge in [-0.05, 0) is 47.0 Å². The summed E-state index contributed by atoms with van der Waals surface area (Å²) in [4.78, 5) is 17.4. The van der Waals surface area contributed by atoms with Crippen molar-refractivity contribution >= 4 is 5.91 Å². The third-order valence-corrected chi connectivity index (χ3v) is 3.74. The number of carbonyl (C=O) groups is 1. The molecule has 0 radical (unpaired) electrons. The van der Waals surface area contributed by atoms with Crippen LogP contribution in [0.5, 0.6) is 0 Å². The van der Waals surface area contributed by atoms with Crippen LogP contribution in [0.15, 0.2) is 0 Å². The summed E-state index contributed by atoms with van der Waals surface area (Å²) in [5.74, 6) is -0.372. The number of nitrogens with zero attached hydrogens (tertiary/aromatic N) is 1. The molecule has 1 atom stereocenters. The number of rotatable bonds is 4. The lowest BCUT2D eigenvalue weighted by molar-refractivity contribution is -0.291. The van der Waals surface area contributed by atoms with Gasteiger partial charge in [-0.3, -0.25) is 9.63 Å². The average molecular weight is 242 g/mol. The normalized spacial score (nSPS) is 27.9. The van der Waals surface area contributed by atoms with Gasteiger partial charge in [-0.25, -0.2) is 0 Å². The molecule has 0 saturated carbocycles. The van der Waals surface area contributed by atoms with Crippen LogP contribution >= 0.6 is 0 Å². The lowest BCUT2D eigenvalue weighted by atomic mass is 9.73. The molecule has 0 aromatic rings. The number of hydrogen-bond donors (Lipinski definition) is 1. The van der Waals surface area contributed by atoms with Gasteiger partial charge < -0.3 is 5.73 Å². The van der Waals surface area contributed by atoms with Crippen molar-refractivity contribution in [3.63, 3.8) is 0 Å². The minimum absolute atomic E-state index is 0.0510. The Morgan fingerprint density at radius 2 is 2.00 bits per heavy atom. The highest BCUT2D eigenvalue weighted by molar-refractivity contribution is 5.78. The number of primary amides is 1. The first-order valence-corrected chi connectivity index (χ1v) is 6.46. The zero-order valence-electron chi connectivity index (χ0n) is 11.7. The van der Waals surface area contributed by atoms with Crippen molar-refractivity contribution in [2.75, 3.05) is 6.61 Å². The summed E-state index contributed by atoms with van der Waals surface area (Å²) < 4.78 is 0. The monoisotopic (exact) mass is 242 g/mol. The molecule has 100 valence electrons. The van der Waals surface area contributed by atoms with Crippen molar-refractivity contribution in [2.24, 2.45) is 11.7 Å². The molecule has 1 aliphatic heterocycles. The van der Waals surface area contributed by atoms with Gasteiger partial charge in [-0.15, -0.1) is 0 Å². The Kier molecular flexibility index (Phi) is 4.20. The molecule has 17 heavy (non-hydrogen) atoms. The minimum atomic E-state index is -0.344. The molecular weight excluding hydrogens is 216 g/mol. The summed E-state index contributed by atoms with van der Waals surface area (Å²) in [6.07, 6.45) is 2.72. The SMILES string of the molecule is CCCON1C(C)(C)CCC(C(N)=O)C1(C)C. The van der Waals surface area contributed by atoms with Crippen LogP contribution in [0.1, 0.15) is 53.9 Å². The van der Waals surface area contributed by atoms with Crippen LogP contribution in [-0.2, 0) is 9.63 Å². The van der Waals surface area contributed by atoms with Gasteiger partial charge in [0, 0.05) is 5.54 Å². The van der Waals surface area contributed by atoms with E-state index < -0.39 is 0 Å². The third-order valence-electron chi connectivity index (χ3n) is 3.74. The summed E-state index contributed by atoms with van der Waals surface area (Å²) in [6.45, 7) is 11.1. The fourth-order valence-corrected chi connectivity index (χ4v) is 2.89. The molecular formula is C13H26N2O2. The van der Waals surface area contributed by atoms with Gasteiger partial charge in [0.2, 0.25) is 5.91 Å². The molecule has 2 N–H and O–H groups in total. The molecule has 1 saturated heterocycles. The van der Waals surface area contributed by atoms with Crippen LogP contribution in [0.4, 0.5) is 0 Å². The molecule has 1 amide bonds. The minimum Gasteiger partial charge on any atom is -0.369 e. The topological polar surface area (TPSA) is 55.6 Å². The van der Waals surface area contributed by atoms with Gasteiger partial charge in [0.15, 0.2) is 0 Å². The quantitative estimate of drug-likeness (QED) is 0.821. The molecule has 4 nitrogen and oxygen atoms in total. The van der Waals surface area contributed by atoms with Gasteiger partial charge in [-0.2, -0.15) is 5.06 Å². The molecule has 0 bridgehead atoms. The number of nitrogens with two attached hydrogens (primary N) is 1. The van der Waals surface area contributed by atoms with Gasteiger partial charge in [0.05, 0.1) is 18.1 Å². The van der Waals surface area contributed by atoms with Crippen LogP contribution in [0.25, 0.3) is 0 Å². The lowest BCUT2D eigenvalue weighted by Gasteiger charge is -2.54. The molecule has 1 unspecified atom stereocenters. The molecule has 0 aromatic heterocycles. The predicted octanol–water partition coefficient (Wildman–Crippen LogP) is 2.08. The molecule has 1 aliphatic rings. The van der Waals surface area contributed by atoms with Crippen molar-refractivity contribution in [1.82, 2.24) is 5.06 Å². The van der Waals surface area contributed by atoms with Crippen LogP contribution in [0.2, 0.25) is 0 Å². The van der Waals surface area contributed by atoms with E-state index in [1.165, 1.54) is 0 Å². The van der Waals surface area contributed by atoms with Crippen LogP contribution in [0.3, 0.4) is 0 Å². The standard InChI is InChI=1S/C13H26N2O2/c1-6-9-17-15-12(2,3)8-7-10(11(14)16)13(15,4)5/h10H,6-9H2,1-5H3,(H2,14,16). The van der Waals surface area contributed by atoms with E-state index in [4.69, 9.17) is 10.6 Å². The Labute approximate surface area is 104 Å². The van der Waals surface area contributed by atoms with E-state index in [1.807, 2.05) is 18.9 Å². The average Bonchev–Trinajstić information content (AvgIpc) is 2.14. The smallest absolute Gasteiger partial charge is 0.222 e. The molecule has 4 heteroatoms. The van der Waals surface area contributed by atoms with Crippen molar-refractivity contribution in [1.29, 1.82) is 0 Å². The first kappa shape index (κ1) is 14.5. The molecule has 1 rings (SSSR count). The number of hydroxylamine groups is 2. The van der Waals surface area contributed by atoms with Crippen molar-refractivity contribution in [2.45, 2.75) is 65.0 Å². The molecule has 0 aliphatic carbocycles. The van der Waals surface area contributed by atoms with Gasteiger partial charge in [0.1, 0.15) is 0 Å². The summed E-state index contributed by atoms with van der Waals surface area (Å²) >= 11 is 0. The Hall–Kier alpha value is -0.610. The summed E-state index contributed by atoms with van der Waals surface area (Å²) in [5, 5.41) is 1.99. The summed E-state index contributed by atoms with van der Waals surface area (Å²) in [5.41, 5.74) is 5.11. The highest BCUT2D eigenvalue weighted by Gasteiger charge is 2.50. The summed E-state index contributed by atoms with van der Waals surface area (Å²) in [6, 6.07) is 0. The predicted molar refractivity (Wildman–Crippen MR) is 68.2 cm³/mol. The van der Waals surface area contributed by atoms with Crippen molar-refractivity contribution in [3.05, 3.63) is 0 Å². The largest absolute Gasteiger partial charge is 0.369 e. The van der Waals surface area contributed by atoms with Crippen LogP contribution in [0, 0.1) is 5.92 Å². The molecule has 1 heterocycles. The Balaban J connectivity index is 2.95. The first-order chi connectivity index (χ1) is 7.73. The van der Waals surface area contributed by atoms with E-state index >= 15 is 0 Å². The molecule has 0 aromatic carbocycles. The second-order valence-corrected chi connectivity index (χ2v) is 6.09. The molecule has 1 fully saturated rings. The van der Waals surface area contributed by atoms with Gasteiger partial charge >= 0.3 is 0 Å². The zero-order valence-corrected chi connectivity index (χ0v) is 11.7. The Morgan fingerprint density at radius 3 is 2.47 bits per heavy atom. The number of piperidine rings is 1. The maximum absolute atomic E-state index is 11.5. The second-order valence-electron chi connectivity index (χ2n) is 6.09. The fourth-order valence-electron chi connectivity index (χ4n) is 2.89.